The zero-order valence-electron chi connectivity index (χ0n) is 21.9. The first-order chi connectivity index (χ1) is 15.5. The number of carboxylic acid groups (broad SMARTS) is 1. The molecule has 0 aromatic carbocycles. The highest BCUT2D eigenvalue weighted by Gasteiger charge is 2.80. The lowest BCUT2D eigenvalue weighted by Crippen LogP contribution is -2.62. The summed E-state index contributed by atoms with van der Waals surface area (Å²) in [5, 5.41) is 20.1. The summed E-state index contributed by atoms with van der Waals surface area (Å²) in [6.07, 6.45) is 2.79. The van der Waals surface area contributed by atoms with Crippen LogP contribution in [-0.2, 0) is 19.1 Å². The molecule has 192 valence electrons. The molecule has 2 bridgehead atoms. The van der Waals surface area contributed by atoms with Gasteiger partial charge in [0.2, 0.25) is 11.8 Å². The largest absolute Gasteiger partial charge is 0.481 e. The Labute approximate surface area is 203 Å². The van der Waals surface area contributed by atoms with Crippen molar-refractivity contribution in [2.24, 2.45) is 23.2 Å². The van der Waals surface area contributed by atoms with Crippen molar-refractivity contribution in [3.05, 3.63) is 12.7 Å². The van der Waals surface area contributed by atoms with E-state index in [0.29, 0.717) is 12.8 Å². The molecule has 8 nitrogen and oxygen atoms in total. The topological polar surface area (TPSA) is 107 Å². The fraction of sp³-hybridized carbons (Fsp3) is 0.808. The van der Waals surface area contributed by atoms with E-state index in [9.17, 15) is 24.6 Å². The van der Waals surface area contributed by atoms with E-state index in [-0.39, 0.29) is 30.4 Å². The van der Waals surface area contributed by atoms with Crippen LogP contribution in [0.3, 0.4) is 0 Å². The molecule has 0 aromatic rings. The van der Waals surface area contributed by atoms with Crippen LogP contribution in [0.15, 0.2) is 12.7 Å². The van der Waals surface area contributed by atoms with Gasteiger partial charge in [-0.2, -0.15) is 0 Å². The molecule has 3 aliphatic heterocycles. The summed E-state index contributed by atoms with van der Waals surface area (Å²) in [5.74, 6) is -3.96. The molecule has 3 fully saturated rings. The second-order valence-corrected chi connectivity index (χ2v) is 12.6. The van der Waals surface area contributed by atoms with E-state index in [1.807, 2.05) is 20.8 Å². The molecule has 1 spiro atoms. The number of fused-ring (bicyclic) bond motifs is 1. The van der Waals surface area contributed by atoms with Crippen molar-refractivity contribution >= 4 is 17.8 Å². The predicted octanol–water partition coefficient (Wildman–Crippen LogP) is 2.69. The Balaban J connectivity index is 2.17. The normalized spacial score (nSPS) is 35.9. The van der Waals surface area contributed by atoms with Gasteiger partial charge in [-0.05, 0) is 51.9 Å². The number of aliphatic carboxylic acids is 1. The van der Waals surface area contributed by atoms with Crippen LogP contribution in [-0.4, -0.2) is 79.8 Å². The van der Waals surface area contributed by atoms with E-state index < -0.39 is 52.5 Å². The molecular formula is C26H42N2O6. The molecule has 0 radical (unpaired) electrons. The number of aliphatic hydroxyl groups excluding tert-OH is 1. The third-order valence-corrected chi connectivity index (χ3v) is 8.26. The lowest BCUT2D eigenvalue weighted by atomic mass is 9.62. The smallest absolute Gasteiger partial charge is 0.310 e. The quantitative estimate of drug-likeness (QED) is 0.520. The minimum atomic E-state index is -1.24. The minimum absolute atomic E-state index is 0.0632. The zero-order chi connectivity index (χ0) is 26.0. The van der Waals surface area contributed by atoms with Gasteiger partial charge in [-0.15, -0.1) is 6.58 Å². The van der Waals surface area contributed by atoms with Crippen molar-refractivity contribution in [2.45, 2.75) is 97.1 Å². The molecule has 8 heteroatoms. The number of amides is 2. The standard InChI is InChI=1S/C26H42N2O6/c1-10-11-27(24(7,8)14-23(4,5)6)21(31)19-26-12-15(2)25(9,34-26)18(22(32)33)17(26)20(30)28(19)16(3)13-29/h10,15-19,29H,1,11-14H2,2-9H3,(H,32,33)/t15?,16-,17+,18+,19?,25-,26?/m1/s1. The van der Waals surface area contributed by atoms with Gasteiger partial charge in [0, 0.05) is 12.1 Å². The van der Waals surface area contributed by atoms with Gasteiger partial charge in [-0.3, -0.25) is 14.4 Å². The van der Waals surface area contributed by atoms with Gasteiger partial charge in [0.1, 0.15) is 17.6 Å². The van der Waals surface area contributed by atoms with Crippen LogP contribution >= 0.6 is 0 Å². The highest BCUT2D eigenvalue weighted by molar-refractivity contribution is 5.98. The Morgan fingerprint density at radius 2 is 1.91 bits per heavy atom. The maximum absolute atomic E-state index is 14.4. The van der Waals surface area contributed by atoms with E-state index in [0.717, 1.165) is 0 Å². The molecule has 3 saturated heterocycles. The van der Waals surface area contributed by atoms with Gasteiger partial charge in [-0.25, -0.2) is 0 Å². The second-order valence-electron chi connectivity index (χ2n) is 12.6. The number of nitrogens with zero attached hydrogens (tertiary/aromatic N) is 2. The van der Waals surface area contributed by atoms with Gasteiger partial charge in [0.15, 0.2) is 0 Å². The van der Waals surface area contributed by atoms with Crippen LogP contribution in [0.5, 0.6) is 0 Å². The van der Waals surface area contributed by atoms with E-state index in [1.165, 1.54) is 4.90 Å². The molecule has 3 aliphatic rings. The molecule has 0 aliphatic carbocycles. The number of hydrogen-bond acceptors (Lipinski definition) is 5. The molecule has 7 atom stereocenters. The summed E-state index contributed by atoms with van der Waals surface area (Å²) in [6.45, 7) is 19.5. The van der Waals surface area contributed by atoms with E-state index in [1.54, 1.807) is 24.8 Å². The van der Waals surface area contributed by atoms with Crippen LogP contribution < -0.4 is 0 Å². The van der Waals surface area contributed by atoms with E-state index >= 15 is 0 Å². The average Bonchev–Trinajstić information content (AvgIpc) is 3.20. The summed E-state index contributed by atoms with van der Waals surface area (Å²) < 4.78 is 6.53. The van der Waals surface area contributed by atoms with Crippen LogP contribution in [0.25, 0.3) is 0 Å². The molecule has 0 saturated carbocycles. The number of carbonyl (C=O) groups excluding carboxylic acids is 2. The number of carbonyl (C=O) groups is 3. The number of aliphatic hydroxyl groups is 1. The van der Waals surface area contributed by atoms with Gasteiger partial charge in [0.05, 0.1) is 24.2 Å². The fourth-order valence-electron chi connectivity index (χ4n) is 7.20. The Kier molecular flexibility index (Phi) is 6.54. The summed E-state index contributed by atoms with van der Waals surface area (Å²) in [4.78, 5) is 43.8. The minimum Gasteiger partial charge on any atom is -0.481 e. The number of rotatable bonds is 8. The maximum Gasteiger partial charge on any atom is 0.310 e. The predicted molar refractivity (Wildman–Crippen MR) is 128 cm³/mol. The van der Waals surface area contributed by atoms with Crippen LogP contribution in [0.4, 0.5) is 0 Å². The first kappa shape index (κ1) is 26.7. The first-order valence-electron chi connectivity index (χ1n) is 12.3. The molecular weight excluding hydrogens is 436 g/mol. The highest BCUT2D eigenvalue weighted by Crippen LogP contribution is 2.65. The average molecular weight is 479 g/mol. The summed E-state index contributed by atoms with van der Waals surface area (Å²) >= 11 is 0. The zero-order valence-corrected chi connectivity index (χ0v) is 21.9. The maximum atomic E-state index is 14.4. The molecule has 3 unspecified atom stereocenters. The third-order valence-electron chi connectivity index (χ3n) is 8.26. The van der Waals surface area contributed by atoms with Crippen molar-refractivity contribution in [1.29, 1.82) is 0 Å². The number of likely N-dealkylation sites (tertiary alicyclic amines) is 1. The van der Waals surface area contributed by atoms with Crippen molar-refractivity contribution < 1.29 is 29.3 Å². The summed E-state index contributed by atoms with van der Waals surface area (Å²) in [5.41, 5.74) is -2.91. The molecule has 2 amide bonds. The SMILES string of the molecule is C=CCN(C(=O)C1N([C@H](C)CO)C(=O)[C@@H]2[C@@H](C(=O)O)[C@]3(C)OC12CC3C)C(C)(C)CC(C)(C)C. The lowest BCUT2D eigenvalue weighted by Gasteiger charge is -2.46. The lowest BCUT2D eigenvalue weighted by molar-refractivity contribution is -0.162. The Morgan fingerprint density at radius 3 is 2.38 bits per heavy atom. The highest BCUT2D eigenvalue weighted by atomic mass is 16.5. The van der Waals surface area contributed by atoms with Crippen molar-refractivity contribution in [1.82, 2.24) is 9.80 Å². The molecule has 3 rings (SSSR count). The third kappa shape index (κ3) is 3.77. The van der Waals surface area contributed by atoms with Gasteiger partial charge < -0.3 is 24.7 Å². The monoisotopic (exact) mass is 478 g/mol. The van der Waals surface area contributed by atoms with Crippen molar-refractivity contribution in [3.63, 3.8) is 0 Å². The molecule has 2 N–H and O–H groups in total. The van der Waals surface area contributed by atoms with Gasteiger partial charge in [0.25, 0.3) is 0 Å². The second kappa shape index (κ2) is 8.33. The van der Waals surface area contributed by atoms with Crippen molar-refractivity contribution in [3.8, 4) is 0 Å². The Hall–Kier alpha value is -1.93. The summed E-state index contributed by atoms with van der Waals surface area (Å²) in [6, 6.07) is -1.67. The summed E-state index contributed by atoms with van der Waals surface area (Å²) in [7, 11) is 0. The van der Waals surface area contributed by atoms with Gasteiger partial charge in [-0.1, -0.05) is 33.8 Å². The van der Waals surface area contributed by atoms with Gasteiger partial charge >= 0.3 is 5.97 Å². The molecule has 34 heavy (non-hydrogen) atoms. The van der Waals surface area contributed by atoms with E-state index in [2.05, 4.69) is 27.4 Å². The van der Waals surface area contributed by atoms with Crippen molar-refractivity contribution in [2.75, 3.05) is 13.2 Å². The fourth-order valence-corrected chi connectivity index (χ4v) is 7.20. The van der Waals surface area contributed by atoms with E-state index in [4.69, 9.17) is 4.74 Å². The number of hydrogen-bond donors (Lipinski definition) is 2. The molecule has 3 heterocycles. The van der Waals surface area contributed by atoms with Crippen LogP contribution in [0, 0.1) is 23.2 Å². The van der Waals surface area contributed by atoms with Crippen LogP contribution in [0.2, 0.25) is 0 Å². The first-order valence-corrected chi connectivity index (χ1v) is 12.3. The Bertz CT molecular complexity index is 879. The number of ether oxygens (including phenoxy) is 1. The van der Waals surface area contributed by atoms with Crippen LogP contribution in [0.1, 0.15) is 68.2 Å². The Morgan fingerprint density at radius 1 is 1.32 bits per heavy atom. The number of carboxylic acids is 1. The molecule has 0 aromatic heterocycles.